The topological polar surface area (TPSA) is 358 Å². The molecule has 0 bridgehead atoms. The number of nitrogens with one attached hydrogen (secondary N) is 3. The van der Waals surface area contributed by atoms with Crippen molar-refractivity contribution in [1.29, 1.82) is 0 Å². The van der Waals surface area contributed by atoms with E-state index in [9.17, 15) is 75.7 Å². The molecule has 3 aliphatic heterocycles. The van der Waals surface area contributed by atoms with Gasteiger partial charge in [0.15, 0.2) is 18.9 Å². The van der Waals surface area contributed by atoms with Crippen LogP contribution in [-0.4, -0.2) is 191 Å². The monoisotopic (exact) mass is 877 g/mol. The summed E-state index contributed by atoms with van der Waals surface area (Å²) in [6.45, 7) is -2.05. The standard InChI is InChI=1S/C39H48N3O18P/c43-13-22-28(46)31(49)25(37(55)58-22)40-34(52)16-1-7-19(8-2-16)61(20-9-3-17(4-10-20)35(53)41-26-32(50)29(47)23(14-44)59-38(26)56)21-11-5-18(6-12-21)36(54)42-27-33(51)30(48)24(15-45)60-39(27)57/h1-12,22-33,37-39,43-51,55-57H,13-15H2,(H,40,52)(H,41,53)(H,42,54). The van der Waals surface area contributed by atoms with Crippen molar-refractivity contribution in [3.05, 3.63) is 89.5 Å². The van der Waals surface area contributed by atoms with E-state index in [2.05, 4.69) is 16.0 Å². The summed E-state index contributed by atoms with van der Waals surface area (Å²) in [5, 5.41) is 131. The van der Waals surface area contributed by atoms with Crippen molar-refractivity contribution in [3.8, 4) is 0 Å². The lowest BCUT2D eigenvalue weighted by Crippen LogP contribution is -2.64. The van der Waals surface area contributed by atoms with E-state index in [1.807, 2.05) is 0 Å². The van der Waals surface area contributed by atoms with Crippen LogP contribution in [0.25, 0.3) is 0 Å². The van der Waals surface area contributed by atoms with Gasteiger partial charge < -0.3 is 91.4 Å². The molecule has 332 valence electrons. The number of aliphatic hydroxyl groups excluding tert-OH is 12. The van der Waals surface area contributed by atoms with Crippen LogP contribution in [0.1, 0.15) is 31.1 Å². The molecule has 3 fully saturated rings. The fourth-order valence-corrected chi connectivity index (χ4v) is 9.43. The predicted molar refractivity (Wildman–Crippen MR) is 209 cm³/mol. The van der Waals surface area contributed by atoms with Gasteiger partial charge in [-0.15, -0.1) is 0 Å². The van der Waals surface area contributed by atoms with Gasteiger partial charge in [-0.05, 0) is 60.2 Å². The Hall–Kier alpha value is -4.10. The zero-order valence-corrected chi connectivity index (χ0v) is 32.9. The van der Waals surface area contributed by atoms with Crippen LogP contribution in [0.5, 0.6) is 0 Å². The molecule has 3 heterocycles. The molecule has 3 aromatic rings. The Morgan fingerprint density at radius 1 is 0.410 bits per heavy atom. The van der Waals surface area contributed by atoms with E-state index in [4.69, 9.17) is 14.2 Å². The molecule has 6 rings (SSSR count). The minimum Gasteiger partial charge on any atom is -0.394 e. The van der Waals surface area contributed by atoms with Gasteiger partial charge in [-0.1, -0.05) is 36.4 Å². The largest absolute Gasteiger partial charge is 0.394 e. The molecule has 61 heavy (non-hydrogen) atoms. The van der Waals surface area contributed by atoms with Crippen molar-refractivity contribution in [2.45, 2.75) is 91.9 Å². The summed E-state index contributed by atoms with van der Waals surface area (Å²) in [7, 11) is -1.54. The first-order valence-electron chi connectivity index (χ1n) is 19.0. The van der Waals surface area contributed by atoms with Gasteiger partial charge in [0, 0.05) is 16.7 Å². The van der Waals surface area contributed by atoms with Gasteiger partial charge in [-0.3, -0.25) is 14.4 Å². The summed E-state index contributed by atoms with van der Waals surface area (Å²) in [6.07, 6.45) is -18.8. The Labute approximate surface area is 348 Å². The molecule has 15 atom stereocenters. The van der Waals surface area contributed by atoms with E-state index in [1.165, 1.54) is 36.4 Å². The lowest BCUT2D eigenvalue weighted by atomic mass is 9.97. The maximum atomic E-state index is 13.2. The zero-order chi connectivity index (χ0) is 44.3. The molecule has 22 heteroatoms. The number of aliphatic hydroxyl groups is 12. The van der Waals surface area contributed by atoms with Gasteiger partial charge in [0.25, 0.3) is 17.7 Å². The molecule has 15 N–H and O–H groups in total. The van der Waals surface area contributed by atoms with Crippen molar-refractivity contribution >= 4 is 41.6 Å². The minimum atomic E-state index is -1.74. The molecule has 0 aliphatic carbocycles. The Kier molecular flexibility index (Phi) is 15.2. The molecule has 3 saturated heterocycles. The smallest absolute Gasteiger partial charge is 0.251 e. The lowest BCUT2D eigenvalue weighted by molar-refractivity contribution is -0.252. The zero-order valence-electron chi connectivity index (χ0n) is 32.0. The van der Waals surface area contributed by atoms with E-state index < -0.39 is 137 Å². The summed E-state index contributed by atoms with van der Waals surface area (Å²) in [5.74, 6) is -2.21. The molecule has 0 spiro atoms. The number of amides is 3. The predicted octanol–water partition coefficient (Wildman–Crippen LogP) is -6.97. The van der Waals surface area contributed by atoms with Gasteiger partial charge in [-0.25, -0.2) is 0 Å². The number of ether oxygens (including phenoxy) is 3. The number of carbonyl (C=O) groups excluding carboxylic acids is 3. The van der Waals surface area contributed by atoms with Gasteiger partial charge in [0.1, 0.15) is 73.1 Å². The second-order valence-corrected chi connectivity index (χ2v) is 16.9. The SMILES string of the molecule is O=C(NC1C(O)OC(CO)C(O)C1O)c1ccc(P(c2ccc(C(=O)NC3C(O)OC(CO)C(O)C3O)cc2)c2ccc(C(=O)NC3C(O)OC(CO)C(O)C3O)cc2)cc1. The molecule has 3 aromatic carbocycles. The lowest BCUT2D eigenvalue weighted by Gasteiger charge is -2.40. The molecule has 0 aromatic heterocycles. The van der Waals surface area contributed by atoms with Crippen LogP contribution in [0, 0.1) is 0 Å². The first-order chi connectivity index (χ1) is 29.1. The van der Waals surface area contributed by atoms with Crippen molar-refractivity contribution in [1.82, 2.24) is 16.0 Å². The number of hydrogen-bond acceptors (Lipinski definition) is 18. The van der Waals surface area contributed by atoms with Gasteiger partial charge in [0.2, 0.25) is 0 Å². The van der Waals surface area contributed by atoms with Crippen molar-refractivity contribution in [2.24, 2.45) is 0 Å². The highest BCUT2D eigenvalue weighted by atomic mass is 31.1. The third-order valence-corrected chi connectivity index (χ3v) is 13.2. The van der Waals surface area contributed by atoms with Crippen LogP contribution >= 0.6 is 7.92 Å². The molecule has 3 amide bonds. The van der Waals surface area contributed by atoms with E-state index in [1.54, 1.807) is 36.4 Å². The Morgan fingerprint density at radius 3 is 0.852 bits per heavy atom. The molecule has 3 aliphatic rings. The van der Waals surface area contributed by atoms with Gasteiger partial charge in [-0.2, -0.15) is 0 Å². The summed E-state index contributed by atoms with van der Waals surface area (Å²) in [6, 6.07) is 14.3. The van der Waals surface area contributed by atoms with Crippen LogP contribution in [0.4, 0.5) is 0 Å². The van der Waals surface area contributed by atoms with E-state index in [-0.39, 0.29) is 16.7 Å². The highest BCUT2D eigenvalue weighted by Gasteiger charge is 2.46. The quantitative estimate of drug-likeness (QED) is 0.0752. The Balaban J connectivity index is 1.24. The molecular formula is C39H48N3O18P. The Morgan fingerprint density at radius 2 is 0.639 bits per heavy atom. The van der Waals surface area contributed by atoms with Gasteiger partial charge in [0.05, 0.1) is 19.8 Å². The van der Waals surface area contributed by atoms with Crippen LogP contribution in [0.15, 0.2) is 72.8 Å². The molecular weight excluding hydrogens is 829 g/mol. The van der Waals surface area contributed by atoms with Crippen LogP contribution < -0.4 is 31.9 Å². The van der Waals surface area contributed by atoms with Crippen molar-refractivity contribution in [3.63, 3.8) is 0 Å². The summed E-state index contributed by atoms with van der Waals surface area (Å²) >= 11 is 0. The average molecular weight is 878 g/mol. The third-order valence-electron chi connectivity index (χ3n) is 10.8. The average Bonchev–Trinajstić information content (AvgIpc) is 3.26. The summed E-state index contributed by atoms with van der Waals surface area (Å²) in [5.41, 5.74) is 0.275. The van der Waals surface area contributed by atoms with Crippen LogP contribution in [0.3, 0.4) is 0 Å². The highest BCUT2D eigenvalue weighted by Crippen LogP contribution is 2.33. The normalized spacial score (nSPS) is 34.5. The highest BCUT2D eigenvalue weighted by molar-refractivity contribution is 7.79. The van der Waals surface area contributed by atoms with E-state index in [0.717, 1.165) is 0 Å². The fourth-order valence-electron chi connectivity index (χ4n) is 7.20. The van der Waals surface area contributed by atoms with Crippen LogP contribution in [0.2, 0.25) is 0 Å². The second kappa shape index (κ2) is 19.9. The van der Waals surface area contributed by atoms with Crippen LogP contribution in [-0.2, 0) is 14.2 Å². The van der Waals surface area contributed by atoms with E-state index >= 15 is 0 Å². The summed E-state index contributed by atoms with van der Waals surface area (Å²) < 4.78 is 15.4. The van der Waals surface area contributed by atoms with E-state index in [0.29, 0.717) is 15.9 Å². The van der Waals surface area contributed by atoms with Gasteiger partial charge >= 0.3 is 0 Å². The number of hydrogen-bond donors (Lipinski definition) is 15. The van der Waals surface area contributed by atoms with Crippen molar-refractivity contribution < 1.29 is 89.9 Å². The second-order valence-electron chi connectivity index (χ2n) is 14.7. The first kappa shape index (κ1) is 46.4. The number of rotatable bonds is 12. The summed E-state index contributed by atoms with van der Waals surface area (Å²) in [4.78, 5) is 39.7. The first-order valence-corrected chi connectivity index (χ1v) is 20.4. The minimum absolute atomic E-state index is 0.0916. The molecule has 0 saturated carbocycles. The maximum Gasteiger partial charge on any atom is 0.251 e. The number of benzene rings is 3. The van der Waals surface area contributed by atoms with Crippen molar-refractivity contribution in [2.75, 3.05) is 19.8 Å². The molecule has 0 radical (unpaired) electrons. The fraction of sp³-hybridized carbons (Fsp3) is 0.462. The maximum absolute atomic E-state index is 13.2. The number of carbonyl (C=O) groups is 3. The third kappa shape index (κ3) is 9.93. The molecule has 15 unspecified atom stereocenters. The molecule has 21 nitrogen and oxygen atoms in total. The Bertz CT molecular complexity index is 1740.